The van der Waals surface area contributed by atoms with Crippen molar-refractivity contribution in [3.63, 3.8) is 0 Å². The van der Waals surface area contributed by atoms with Crippen LogP contribution in [0.5, 0.6) is 0 Å². The lowest BCUT2D eigenvalue weighted by molar-refractivity contribution is 0.0785. The predicted molar refractivity (Wildman–Crippen MR) is 91.7 cm³/mol. The van der Waals surface area contributed by atoms with Crippen LogP contribution in [0.15, 0.2) is 54.6 Å². The van der Waals surface area contributed by atoms with E-state index in [1.165, 1.54) is 0 Å². The van der Waals surface area contributed by atoms with Crippen LogP contribution in [0.1, 0.15) is 15.9 Å². The molecule has 4 heteroatoms. The quantitative estimate of drug-likeness (QED) is 0.870. The molecule has 0 spiro atoms. The van der Waals surface area contributed by atoms with E-state index in [-0.39, 0.29) is 5.91 Å². The average molecular weight is 310 g/mol. The molecular formula is C19H22N2O2. The summed E-state index contributed by atoms with van der Waals surface area (Å²) in [6.45, 7) is 3.95. The zero-order chi connectivity index (χ0) is 16.1. The highest BCUT2D eigenvalue weighted by Gasteiger charge is 2.14. The van der Waals surface area contributed by atoms with Gasteiger partial charge in [-0.15, -0.1) is 0 Å². The lowest BCUT2D eigenvalue weighted by Gasteiger charge is -2.29. The molecule has 0 radical (unpaired) electrons. The summed E-state index contributed by atoms with van der Waals surface area (Å²) in [6.07, 6.45) is 0. The van der Waals surface area contributed by atoms with E-state index >= 15 is 0 Å². The van der Waals surface area contributed by atoms with Crippen LogP contribution in [0.4, 0.5) is 5.69 Å². The smallest absolute Gasteiger partial charge is 0.253 e. The molecule has 0 saturated carbocycles. The number of carbonyl (C=O) groups excluding carboxylic acids is 1. The van der Waals surface area contributed by atoms with Gasteiger partial charge in [0, 0.05) is 37.9 Å². The molecule has 23 heavy (non-hydrogen) atoms. The first kappa shape index (κ1) is 15.6. The van der Waals surface area contributed by atoms with E-state index in [4.69, 9.17) is 4.74 Å². The normalized spacial score (nSPS) is 14.6. The summed E-state index contributed by atoms with van der Waals surface area (Å²) in [4.78, 5) is 16.6. The number of hydrogen-bond donors (Lipinski definition) is 0. The fourth-order valence-electron chi connectivity index (χ4n) is 2.79. The highest BCUT2D eigenvalue weighted by atomic mass is 16.5. The number of carbonyl (C=O) groups is 1. The molecular weight excluding hydrogens is 288 g/mol. The Hall–Kier alpha value is -2.33. The van der Waals surface area contributed by atoms with Crippen LogP contribution in [0.3, 0.4) is 0 Å². The van der Waals surface area contributed by atoms with Crippen molar-refractivity contribution < 1.29 is 9.53 Å². The fourth-order valence-corrected chi connectivity index (χ4v) is 2.79. The van der Waals surface area contributed by atoms with Crippen LogP contribution in [0.2, 0.25) is 0 Å². The molecule has 1 heterocycles. The van der Waals surface area contributed by atoms with Crippen LogP contribution >= 0.6 is 0 Å². The van der Waals surface area contributed by atoms with E-state index in [1.807, 2.05) is 61.6 Å². The second-order valence-corrected chi connectivity index (χ2v) is 5.79. The van der Waals surface area contributed by atoms with Crippen molar-refractivity contribution in [3.05, 3.63) is 65.7 Å². The summed E-state index contributed by atoms with van der Waals surface area (Å²) in [7, 11) is 1.84. The van der Waals surface area contributed by atoms with Gasteiger partial charge in [-0.25, -0.2) is 0 Å². The third kappa shape index (κ3) is 3.90. The molecule has 0 bridgehead atoms. The van der Waals surface area contributed by atoms with Crippen LogP contribution in [-0.2, 0) is 11.3 Å². The van der Waals surface area contributed by atoms with Gasteiger partial charge in [0.15, 0.2) is 0 Å². The lowest BCUT2D eigenvalue weighted by Crippen LogP contribution is -2.36. The summed E-state index contributed by atoms with van der Waals surface area (Å²) in [5.41, 5.74) is 3.00. The van der Waals surface area contributed by atoms with Gasteiger partial charge in [-0.3, -0.25) is 4.79 Å². The van der Waals surface area contributed by atoms with E-state index in [9.17, 15) is 4.79 Å². The van der Waals surface area contributed by atoms with Crippen molar-refractivity contribution in [1.82, 2.24) is 4.90 Å². The highest BCUT2D eigenvalue weighted by Crippen LogP contribution is 2.18. The minimum Gasteiger partial charge on any atom is -0.378 e. The SMILES string of the molecule is CN(Cc1ccccc1)C(=O)c1ccc(N2CCOCC2)cc1. The monoisotopic (exact) mass is 310 g/mol. The first-order valence-electron chi connectivity index (χ1n) is 7.96. The molecule has 1 fully saturated rings. The topological polar surface area (TPSA) is 32.8 Å². The molecule has 2 aromatic rings. The van der Waals surface area contributed by atoms with E-state index in [1.54, 1.807) is 4.90 Å². The summed E-state index contributed by atoms with van der Waals surface area (Å²) >= 11 is 0. The van der Waals surface area contributed by atoms with Crippen molar-refractivity contribution in [1.29, 1.82) is 0 Å². The van der Waals surface area contributed by atoms with Crippen molar-refractivity contribution >= 4 is 11.6 Å². The summed E-state index contributed by atoms with van der Waals surface area (Å²) in [5, 5.41) is 0. The van der Waals surface area contributed by atoms with E-state index in [0.717, 1.165) is 43.1 Å². The Balaban J connectivity index is 1.65. The second-order valence-electron chi connectivity index (χ2n) is 5.79. The molecule has 2 aromatic carbocycles. The number of benzene rings is 2. The second kappa shape index (κ2) is 7.29. The minimum absolute atomic E-state index is 0.0439. The zero-order valence-electron chi connectivity index (χ0n) is 13.4. The number of amides is 1. The summed E-state index contributed by atoms with van der Waals surface area (Å²) < 4.78 is 5.37. The van der Waals surface area contributed by atoms with Gasteiger partial charge in [0.1, 0.15) is 0 Å². The van der Waals surface area contributed by atoms with Gasteiger partial charge in [-0.1, -0.05) is 30.3 Å². The number of nitrogens with zero attached hydrogens (tertiary/aromatic N) is 2. The lowest BCUT2D eigenvalue weighted by atomic mass is 10.1. The van der Waals surface area contributed by atoms with E-state index in [2.05, 4.69) is 4.90 Å². The molecule has 0 aliphatic carbocycles. The Bertz CT molecular complexity index is 634. The Kier molecular flexibility index (Phi) is 4.93. The molecule has 120 valence electrons. The zero-order valence-corrected chi connectivity index (χ0v) is 13.4. The maximum absolute atomic E-state index is 12.5. The number of hydrogen-bond acceptors (Lipinski definition) is 3. The molecule has 0 aromatic heterocycles. The van der Waals surface area contributed by atoms with Gasteiger partial charge in [0.25, 0.3) is 5.91 Å². The Labute approximate surface area is 137 Å². The average Bonchev–Trinajstić information content (AvgIpc) is 2.63. The number of morpholine rings is 1. The number of ether oxygens (including phenoxy) is 1. The van der Waals surface area contributed by atoms with E-state index in [0.29, 0.717) is 6.54 Å². The Morgan fingerprint density at radius 2 is 1.70 bits per heavy atom. The Morgan fingerprint density at radius 1 is 1.04 bits per heavy atom. The molecule has 1 aliphatic rings. The standard InChI is InChI=1S/C19H22N2O2/c1-20(15-16-5-3-2-4-6-16)19(22)17-7-9-18(10-8-17)21-11-13-23-14-12-21/h2-10H,11-15H2,1H3. The van der Waals surface area contributed by atoms with Gasteiger partial charge in [0.2, 0.25) is 0 Å². The van der Waals surface area contributed by atoms with Crippen LogP contribution in [0, 0.1) is 0 Å². The minimum atomic E-state index is 0.0439. The van der Waals surface area contributed by atoms with Crippen LogP contribution < -0.4 is 4.90 Å². The molecule has 4 nitrogen and oxygen atoms in total. The first-order valence-corrected chi connectivity index (χ1v) is 7.96. The first-order chi connectivity index (χ1) is 11.2. The van der Waals surface area contributed by atoms with Gasteiger partial charge in [-0.05, 0) is 29.8 Å². The molecule has 1 saturated heterocycles. The van der Waals surface area contributed by atoms with E-state index < -0.39 is 0 Å². The molecule has 0 atom stereocenters. The Morgan fingerprint density at radius 3 is 2.35 bits per heavy atom. The van der Waals surface area contributed by atoms with Crippen molar-refractivity contribution in [2.24, 2.45) is 0 Å². The molecule has 0 N–H and O–H groups in total. The molecule has 3 rings (SSSR count). The van der Waals surface area contributed by atoms with Gasteiger partial charge >= 0.3 is 0 Å². The largest absolute Gasteiger partial charge is 0.378 e. The van der Waals surface area contributed by atoms with Crippen molar-refractivity contribution in [3.8, 4) is 0 Å². The van der Waals surface area contributed by atoms with Gasteiger partial charge in [-0.2, -0.15) is 0 Å². The maximum atomic E-state index is 12.5. The summed E-state index contributed by atoms with van der Waals surface area (Å²) in [6, 6.07) is 17.9. The van der Waals surface area contributed by atoms with Crippen LogP contribution in [-0.4, -0.2) is 44.2 Å². The fraction of sp³-hybridized carbons (Fsp3) is 0.316. The maximum Gasteiger partial charge on any atom is 0.253 e. The predicted octanol–water partition coefficient (Wildman–Crippen LogP) is 2.80. The number of rotatable bonds is 4. The van der Waals surface area contributed by atoms with Gasteiger partial charge < -0.3 is 14.5 Å². The summed E-state index contributed by atoms with van der Waals surface area (Å²) in [5.74, 6) is 0.0439. The number of anilines is 1. The van der Waals surface area contributed by atoms with Crippen LogP contribution in [0.25, 0.3) is 0 Å². The van der Waals surface area contributed by atoms with Gasteiger partial charge in [0.05, 0.1) is 13.2 Å². The molecule has 0 unspecified atom stereocenters. The highest BCUT2D eigenvalue weighted by molar-refractivity contribution is 5.94. The third-order valence-electron chi connectivity index (χ3n) is 4.10. The molecule has 1 amide bonds. The van der Waals surface area contributed by atoms with Crippen molar-refractivity contribution in [2.75, 3.05) is 38.3 Å². The molecule has 1 aliphatic heterocycles. The third-order valence-corrected chi connectivity index (χ3v) is 4.10. The van der Waals surface area contributed by atoms with Crippen molar-refractivity contribution in [2.45, 2.75) is 6.54 Å².